The van der Waals surface area contributed by atoms with E-state index in [1.54, 1.807) is 0 Å². The molecule has 2 heteroatoms. The number of hydrogen-bond acceptors (Lipinski definition) is 1. The maximum Gasteiger partial charge on any atom is 0.0885 e. The molecule has 1 aliphatic carbocycles. The first-order valence-corrected chi connectivity index (χ1v) is 4.31. The number of aliphatic hydroxyl groups excluding tert-OH is 1. The first-order chi connectivity index (χ1) is 4.84. The summed E-state index contributed by atoms with van der Waals surface area (Å²) in [5.74, 6) is 0.339. The Morgan fingerprint density at radius 1 is 1.60 bits per heavy atom. The number of alkyl halides is 1. The van der Waals surface area contributed by atoms with Crippen LogP contribution in [0.1, 0.15) is 25.7 Å². The van der Waals surface area contributed by atoms with Crippen LogP contribution in [0.25, 0.3) is 0 Å². The maximum absolute atomic E-state index is 9.28. The van der Waals surface area contributed by atoms with Gasteiger partial charge in [-0.25, -0.2) is 0 Å². The maximum atomic E-state index is 9.28. The van der Waals surface area contributed by atoms with Gasteiger partial charge in [-0.3, -0.25) is 0 Å². The van der Waals surface area contributed by atoms with Crippen molar-refractivity contribution in [2.75, 3.05) is 5.88 Å². The highest BCUT2D eigenvalue weighted by Crippen LogP contribution is 2.20. The van der Waals surface area contributed by atoms with Gasteiger partial charge in [0, 0.05) is 0 Å². The molecular formula is C8H13ClO. The molecule has 0 amide bonds. The SMILES string of the molecule is O[C@@H](CCl)C1=CCCCC1. The van der Waals surface area contributed by atoms with Gasteiger partial charge in [-0.05, 0) is 31.3 Å². The Bertz CT molecular complexity index is 131. The van der Waals surface area contributed by atoms with Crippen LogP contribution in [-0.2, 0) is 0 Å². The van der Waals surface area contributed by atoms with Gasteiger partial charge in [-0.1, -0.05) is 6.08 Å². The van der Waals surface area contributed by atoms with Crippen molar-refractivity contribution in [3.05, 3.63) is 11.6 Å². The molecule has 0 heterocycles. The van der Waals surface area contributed by atoms with E-state index in [0.717, 1.165) is 18.4 Å². The second kappa shape index (κ2) is 3.99. The van der Waals surface area contributed by atoms with E-state index in [1.807, 2.05) is 0 Å². The van der Waals surface area contributed by atoms with Crippen LogP contribution >= 0.6 is 11.6 Å². The van der Waals surface area contributed by atoms with Crippen molar-refractivity contribution in [1.29, 1.82) is 0 Å². The number of hydrogen-bond donors (Lipinski definition) is 1. The van der Waals surface area contributed by atoms with Crippen molar-refractivity contribution < 1.29 is 5.11 Å². The molecule has 1 nitrogen and oxygen atoms in total. The normalized spacial score (nSPS) is 22.0. The van der Waals surface area contributed by atoms with E-state index >= 15 is 0 Å². The summed E-state index contributed by atoms with van der Waals surface area (Å²) in [4.78, 5) is 0. The second-order valence-corrected chi connectivity index (χ2v) is 3.00. The lowest BCUT2D eigenvalue weighted by atomic mass is 9.96. The van der Waals surface area contributed by atoms with Crippen molar-refractivity contribution in [3.63, 3.8) is 0 Å². The molecule has 0 spiro atoms. The standard InChI is InChI=1S/C8H13ClO/c9-6-8(10)7-4-2-1-3-5-7/h4,8,10H,1-3,5-6H2/t8-/m0/s1. The predicted octanol–water partition coefficient (Wildman–Crippen LogP) is 2.09. The van der Waals surface area contributed by atoms with E-state index in [-0.39, 0.29) is 6.10 Å². The fourth-order valence-corrected chi connectivity index (χ4v) is 1.46. The van der Waals surface area contributed by atoms with Gasteiger partial charge in [0.25, 0.3) is 0 Å². The smallest absolute Gasteiger partial charge is 0.0885 e. The van der Waals surface area contributed by atoms with E-state index in [9.17, 15) is 5.11 Å². The van der Waals surface area contributed by atoms with Gasteiger partial charge < -0.3 is 5.11 Å². The summed E-state index contributed by atoms with van der Waals surface area (Å²) in [6.45, 7) is 0. The molecule has 0 saturated heterocycles. The fraction of sp³-hybridized carbons (Fsp3) is 0.750. The Hall–Kier alpha value is -0.0100. The van der Waals surface area contributed by atoms with E-state index < -0.39 is 0 Å². The number of halogens is 1. The van der Waals surface area contributed by atoms with E-state index in [0.29, 0.717) is 5.88 Å². The highest BCUT2D eigenvalue weighted by Gasteiger charge is 2.11. The van der Waals surface area contributed by atoms with Crippen LogP contribution in [0.4, 0.5) is 0 Å². The van der Waals surface area contributed by atoms with Gasteiger partial charge in [0.15, 0.2) is 0 Å². The zero-order valence-electron chi connectivity index (χ0n) is 6.02. The highest BCUT2D eigenvalue weighted by molar-refractivity contribution is 6.18. The predicted molar refractivity (Wildman–Crippen MR) is 43.3 cm³/mol. The summed E-state index contributed by atoms with van der Waals surface area (Å²) in [7, 11) is 0. The summed E-state index contributed by atoms with van der Waals surface area (Å²) >= 11 is 5.49. The number of aliphatic hydroxyl groups is 1. The van der Waals surface area contributed by atoms with Crippen LogP contribution in [0.15, 0.2) is 11.6 Å². The molecule has 0 aromatic rings. The molecule has 0 aromatic carbocycles. The lowest BCUT2D eigenvalue weighted by molar-refractivity contribution is 0.227. The van der Waals surface area contributed by atoms with E-state index in [2.05, 4.69) is 6.08 Å². The summed E-state index contributed by atoms with van der Waals surface area (Å²) in [5, 5.41) is 9.28. The van der Waals surface area contributed by atoms with Gasteiger partial charge >= 0.3 is 0 Å². The zero-order chi connectivity index (χ0) is 7.40. The summed E-state index contributed by atoms with van der Waals surface area (Å²) in [5.41, 5.74) is 1.14. The molecule has 58 valence electrons. The van der Waals surface area contributed by atoms with Crippen molar-refractivity contribution in [1.82, 2.24) is 0 Å². The molecule has 0 radical (unpaired) electrons. The van der Waals surface area contributed by atoms with Crippen LogP contribution < -0.4 is 0 Å². The van der Waals surface area contributed by atoms with Gasteiger partial charge in [0.1, 0.15) is 0 Å². The highest BCUT2D eigenvalue weighted by atomic mass is 35.5. The molecule has 1 rings (SSSR count). The third-order valence-corrected chi connectivity index (χ3v) is 2.19. The Kier molecular flexibility index (Phi) is 3.23. The second-order valence-electron chi connectivity index (χ2n) is 2.69. The topological polar surface area (TPSA) is 20.2 Å². The van der Waals surface area contributed by atoms with Gasteiger partial charge in [-0.2, -0.15) is 0 Å². The number of allylic oxidation sites excluding steroid dienone is 1. The molecule has 0 aliphatic heterocycles. The Balaban J connectivity index is 2.44. The molecular weight excluding hydrogens is 148 g/mol. The van der Waals surface area contributed by atoms with E-state index in [1.165, 1.54) is 12.8 Å². The minimum absolute atomic E-state index is 0.339. The Morgan fingerprint density at radius 2 is 2.40 bits per heavy atom. The lowest BCUT2D eigenvalue weighted by Crippen LogP contribution is -2.13. The van der Waals surface area contributed by atoms with Crippen LogP contribution in [0.5, 0.6) is 0 Å². The third-order valence-electron chi connectivity index (χ3n) is 1.90. The van der Waals surface area contributed by atoms with Crippen LogP contribution in [-0.4, -0.2) is 17.1 Å². The van der Waals surface area contributed by atoms with E-state index in [4.69, 9.17) is 11.6 Å². The summed E-state index contributed by atoms with van der Waals surface area (Å²) in [6, 6.07) is 0. The molecule has 1 aliphatic rings. The molecule has 0 bridgehead atoms. The quantitative estimate of drug-likeness (QED) is 0.485. The Labute approximate surface area is 66.7 Å². The molecule has 0 unspecified atom stereocenters. The zero-order valence-corrected chi connectivity index (χ0v) is 6.77. The minimum atomic E-state index is -0.387. The monoisotopic (exact) mass is 160 g/mol. The first kappa shape index (κ1) is 8.09. The first-order valence-electron chi connectivity index (χ1n) is 3.77. The molecule has 1 atom stereocenters. The molecule has 1 N–H and O–H groups in total. The summed E-state index contributed by atoms with van der Waals surface area (Å²) < 4.78 is 0. The number of rotatable bonds is 2. The van der Waals surface area contributed by atoms with Crippen molar-refractivity contribution in [3.8, 4) is 0 Å². The van der Waals surface area contributed by atoms with Crippen LogP contribution in [0, 0.1) is 0 Å². The fourth-order valence-electron chi connectivity index (χ4n) is 1.26. The lowest BCUT2D eigenvalue weighted by Gasteiger charge is -2.15. The van der Waals surface area contributed by atoms with Crippen molar-refractivity contribution in [2.45, 2.75) is 31.8 Å². The van der Waals surface area contributed by atoms with Crippen LogP contribution in [0.2, 0.25) is 0 Å². The molecule has 10 heavy (non-hydrogen) atoms. The summed E-state index contributed by atoms with van der Waals surface area (Å²) in [6.07, 6.45) is 6.35. The van der Waals surface area contributed by atoms with Gasteiger partial charge in [-0.15, -0.1) is 11.6 Å². The third kappa shape index (κ3) is 1.99. The Morgan fingerprint density at radius 3 is 2.90 bits per heavy atom. The minimum Gasteiger partial charge on any atom is -0.388 e. The van der Waals surface area contributed by atoms with Crippen LogP contribution in [0.3, 0.4) is 0 Å². The molecule has 0 fully saturated rings. The van der Waals surface area contributed by atoms with Gasteiger partial charge in [0.05, 0.1) is 12.0 Å². The average molecular weight is 161 g/mol. The van der Waals surface area contributed by atoms with Gasteiger partial charge in [0.2, 0.25) is 0 Å². The molecule has 0 saturated carbocycles. The van der Waals surface area contributed by atoms with Crippen molar-refractivity contribution in [2.24, 2.45) is 0 Å². The largest absolute Gasteiger partial charge is 0.388 e. The van der Waals surface area contributed by atoms with Crippen molar-refractivity contribution >= 4 is 11.6 Å². The molecule has 0 aromatic heterocycles. The average Bonchev–Trinajstić information content (AvgIpc) is 2.05.